The van der Waals surface area contributed by atoms with Gasteiger partial charge in [-0.15, -0.1) is 0 Å². The van der Waals surface area contributed by atoms with Gasteiger partial charge >= 0.3 is 0 Å². The molecule has 132 valence electrons. The minimum Gasteiger partial charge on any atom is -0.334 e. The fourth-order valence-corrected chi connectivity index (χ4v) is 4.12. The number of nitrogens with zero attached hydrogens (tertiary/aromatic N) is 3. The molecule has 4 rings (SSSR count). The van der Waals surface area contributed by atoms with Gasteiger partial charge in [0.05, 0.1) is 5.69 Å². The number of aromatic nitrogens is 2. The van der Waals surface area contributed by atoms with Crippen LogP contribution in [0, 0.1) is 13.8 Å². The maximum absolute atomic E-state index is 13.1. The zero-order valence-electron chi connectivity index (χ0n) is 15.3. The minimum atomic E-state index is 0.0926. The molecule has 1 amide bonds. The van der Waals surface area contributed by atoms with Crippen molar-refractivity contribution in [1.29, 1.82) is 0 Å². The van der Waals surface area contributed by atoms with E-state index in [2.05, 4.69) is 44.3 Å². The van der Waals surface area contributed by atoms with Crippen molar-refractivity contribution < 1.29 is 4.79 Å². The lowest BCUT2D eigenvalue weighted by Gasteiger charge is -2.31. The molecule has 1 saturated heterocycles. The molecule has 0 spiro atoms. The molecule has 1 aromatic carbocycles. The summed E-state index contributed by atoms with van der Waals surface area (Å²) in [6.07, 6.45) is 3.07. The topological polar surface area (TPSA) is 50.2 Å². The van der Waals surface area contributed by atoms with Crippen LogP contribution in [0.4, 0.5) is 0 Å². The Hall–Kier alpha value is -2.14. The number of piperazine rings is 1. The first-order valence-electron chi connectivity index (χ1n) is 9.25. The number of rotatable bonds is 2. The number of fused-ring (bicyclic) bond motifs is 1. The first kappa shape index (κ1) is 16.3. The third-order valence-electron chi connectivity index (χ3n) is 5.37. The van der Waals surface area contributed by atoms with Crippen LogP contribution in [0.5, 0.6) is 0 Å². The van der Waals surface area contributed by atoms with Gasteiger partial charge in [0.25, 0.3) is 5.91 Å². The van der Waals surface area contributed by atoms with Crippen LogP contribution in [-0.4, -0.2) is 46.3 Å². The standard InChI is InChI=1S/C20H26N4O/c1-13-7-8-17(14(2)11-13)24-18-6-4-5-16(18)19(22-24)20(25)23-10-9-21-15(3)12-23/h7-8,11,15,21H,4-6,9-10,12H2,1-3H3. The molecule has 1 unspecified atom stereocenters. The normalized spacial score (nSPS) is 20.0. The Morgan fingerprint density at radius 1 is 1.28 bits per heavy atom. The van der Waals surface area contributed by atoms with Crippen molar-refractivity contribution in [2.45, 2.75) is 46.1 Å². The average Bonchev–Trinajstić information content (AvgIpc) is 3.17. The highest BCUT2D eigenvalue weighted by Gasteiger charge is 2.31. The van der Waals surface area contributed by atoms with Gasteiger partial charge in [0.1, 0.15) is 0 Å². The Balaban J connectivity index is 1.74. The summed E-state index contributed by atoms with van der Waals surface area (Å²) in [6.45, 7) is 8.71. The molecule has 2 aliphatic rings. The van der Waals surface area contributed by atoms with Crippen LogP contribution in [0.25, 0.3) is 5.69 Å². The van der Waals surface area contributed by atoms with Crippen molar-refractivity contribution in [3.8, 4) is 5.69 Å². The number of benzene rings is 1. The van der Waals surface area contributed by atoms with Gasteiger partial charge in [-0.3, -0.25) is 4.79 Å². The summed E-state index contributed by atoms with van der Waals surface area (Å²) in [4.78, 5) is 15.1. The maximum Gasteiger partial charge on any atom is 0.274 e. The van der Waals surface area contributed by atoms with Crippen LogP contribution < -0.4 is 5.32 Å². The number of amides is 1. The molecule has 1 aromatic heterocycles. The SMILES string of the molecule is Cc1ccc(-n2nc(C(=O)N3CCNC(C)C3)c3c2CCC3)c(C)c1. The Kier molecular flexibility index (Phi) is 4.12. The molecule has 0 radical (unpaired) electrons. The molecule has 0 bridgehead atoms. The summed E-state index contributed by atoms with van der Waals surface area (Å²) in [7, 11) is 0. The van der Waals surface area contributed by atoms with E-state index in [0.717, 1.165) is 50.1 Å². The van der Waals surface area contributed by atoms with Gasteiger partial charge in [0.2, 0.25) is 0 Å². The zero-order chi connectivity index (χ0) is 17.6. The van der Waals surface area contributed by atoms with Gasteiger partial charge in [-0.2, -0.15) is 5.10 Å². The second kappa shape index (κ2) is 6.30. The van der Waals surface area contributed by atoms with E-state index in [4.69, 9.17) is 5.10 Å². The number of nitrogens with one attached hydrogen (secondary N) is 1. The number of aryl methyl sites for hydroxylation is 2. The molecule has 0 saturated carbocycles. The van der Waals surface area contributed by atoms with E-state index in [9.17, 15) is 4.79 Å². The molecule has 1 aliphatic heterocycles. The molecule has 5 nitrogen and oxygen atoms in total. The summed E-state index contributed by atoms with van der Waals surface area (Å²) in [5, 5.41) is 8.19. The molecule has 25 heavy (non-hydrogen) atoms. The van der Waals surface area contributed by atoms with E-state index in [0.29, 0.717) is 11.7 Å². The van der Waals surface area contributed by atoms with Gasteiger partial charge < -0.3 is 10.2 Å². The highest BCUT2D eigenvalue weighted by molar-refractivity contribution is 5.94. The van der Waals surface area contributed by atoms with Crippen molar-refractivity contribution in [2.75, 3.05) is 19.6 Å². The molecule has 1 atom stereocenters. The Morgan fingerprint density at radius 3 is 2.88 bits per heavy atom. The molecule has 5 heteroatoms. The van der Waals surface area contributed by atoms with Crippen LogP contribution in [-0.2, 0) is 12.8 Å². The predicted molar refractivity (Wildman–Crippen MR) is 98.4 cm³/mol. The van der Waals surface area contributed by atoms with E-state index in [1.54, 1.807) is 0 Å². The lowest BCUT2D eigenvalue weighted by atomic mass is 10.1. The fourth-order valence-electron chi connectivity index (χ4n) is 4.12. The minimum absolute atomic E-state index is 0.0926. The Bertz CT molecular complexity index is 823. The van der Waals surface area contributed by atoms with E-state index in [1.807, 2.05) is 9.58 Å². The number of hydrogen-bond acceptors (Lipinski definition) is 3. The maximum atomic E-state index is 13.1. The van der Waals surface area contributed by atoms with E-state index in [-0.39, 0.29) is 5.91 Å². The van der Waals surface area contributed by atoms with Crippen molar-refractivity contribution >= 4 is 5.91 Å². The van der Waals surface area contributed by atoms with E-state index >= 15 is 0 Å². The van der Waals surface area contributed by atoms with Gasteiger partial charge in [-0.05, 0) is 51.7 Å². The lowest BCUT2D eigenvalue weighted by Crippen LogP contribution is -2.51. The molecule has 1 fully saturated rings. The zero-order valence-corrected chi connectivity index (χ0v) is 15.3. The molecular formula is C20H26N4O. The van der Waals surface area contributed by atoms with Crippen molar-refractivity contribution in [3.05, 3.63) is 46.3 Å². The van der Waals surface area contributed by atoms with Crippen LogP contribution in [0.15, 0.2) is 18.2 Å². The first-order chi connectivity index (χ1) is 12.0. The third kappa shape index (κ3) is 2.86. The highest BCUT2D eigenvalue weighted by Crippen LogP contribution is 2.30. The first-order valence-corrected chi connectivity index (χ1v) is 9.25. The summed E-state index contributed by atoms with van der Waals surface area (Å²) in [5.41, 5.74) is 6.59. The van der Waals surface area contributed by atoms with Crippen LogP contribution in [0.1, 0.15) is 46.2 Å². The largest absolute Gasteiger partial charge is 0.334 e. The number of carbonyl (C=O) groups is 1. The summed E-state index contributed by atoms with van der Waals surface area (Å²) >= 11 is 0. The highest BCUT2D eigenvalue weighted by atomic mass is 16.2. The van der Waals surface area contributed by atoms with E-state index < -0.39 is 0 Å². The van der Waals surface area contributed by atoms with Gasteiger partial charge in [-0.25, -0.2) is 4.68 Å². The van der Waals surface area contributed by atoms with Crippen molar-refractivity contribution in [2.24, 2.45) is 0 Å². The number of hydrogen-bond donors (Lipinski definition) is 1. The quantitative estimate of drug-likeness (QED) is 0.915. The molecule has 2 heterocycles. The number of carbonyl (C=O) groups excluding carboxylic acids is 1. The molecule has 1 aliphatic carbocycles. The van der Waals surface area contributed by atoms with Gasteiger partial charge in [-0.1, -0.05) is 17.7 Å². The average molecular weight is 338 g/mol. The van der Waals surface area contributed by atoms with Crippen LogP contribution in [0.2, 0.25) is 0 Å². The van der Waals surface area contributed by atoms with Gasteiger partial charge in [0.15, 0.2) is 5.69 Å². The summed E-state index contributed by atoms with van der Waals surface area (Å²) < 4.78 is 2.02. The van der Waals surface area contributed by atoms with Crippen LogP contribution >= 0.6 is 0 Å². The summed E-state index contributed by atoms with van der Waals surface area (Å²) in [5.74, 6) is 0.0926. The van der Waals surface area contributed by atoms with Crippen molar-refractivity contribution in [1.82, 2.24) is 20.0 Å². The van der Waals surface area contributed by atoms with E-state index in [1.165, 1.54) is 16.8 Å². The monoisotopic (exact) mass is 338 g/mol. The second-order valence-corrected chi connectivity index (χ2v) is 7.44. The van der Waals surface area contributed by atoms with Crippen LogP contribution in [0.3, 0.4) is 0 Å². The van der Waals surface area contributed by atoms with Gasteiger partial charge in [0, 0.05) is 36.9 Å². The lowest BCUT2D eigenvalue weighted by molar-refractivity contribution is 0.0701. The Morgan fingerprint density at radius 2 is 2.12 bits per heavy atom. The molecule has 1 N–H and O–H groups in total. The fraction of sp³-hybridized carbons (Fsp3) is 0.500. The second-order valence-electron chi connectivity index (χ2n) is 7.44. The smallest absolute Gasteiger partial charge is 0.274 e. The molecule has 2 aromatic rings. The van der Waals surface area contributed by atoms with Crippen molar-refractivity contribution in [3.63, 3.8) is 0 Å². The molecular weight excluding hydrogens is 312 g/mol. The Labute approximate surface area is 149 Å². The third-order valence-corrected chi connectivity index (χ3v) is 5.37. The predicted octanol–water partition coefficient (Wildman–Crippen LogP) is 2.41. The summed E-state index contributed by atoms with van der Waals surface area (Å²) in [6, 6.07) is 6.76.